The number of benzene rings is 2. The van der Waals surface area contributed by atoms with Crippen molar-refractivity contribution in [1.82, 2.24) is 3.97 Å². The fourth-order valence-corrected chi connectivity index (χ4v) is 4.85. The van der Waals surface area contributed by atoms with Crippen LogP contribution in [-0.4, -0.2) is 46.4 Å². The van der Waals surface area contributed by atoms with Crippen molar-refractivity contribution in [3.63, 3.8) is 0 Å². The summed E-state index contributed by atoms with van der Waals surface area (Å²) in [6.45, 7) is 1.47. The fourth-order valence-electron chi connectivity index (χ4n) is 3.19. The van der Waals surface area contributed by atoms with Crippen LogP contribution in [0, 0.1) is 6.92 Å². The van der Waals surface area contributed by atoms with Crippen LogP contribution in [-0.2, 0) is 20.0 Å². The van der Waals surface area contributed by atoms with Crippen molar-refractivity contribution in [3.05, 3.63) is 53.7 Å². The number of aromatic nitrogens is 1. The van der Waals surface area contributed by atoms with Crippen molar-refractivity contribution in [1.29, 1.82) is 0 Å². The first kappa shape index (κ1) is 21.7. The molecule has 0 fully saturated rings. The number of carbonyl (C=O) groups is 1. The zero-order valence-electron chi connectivity index (χ0n) is 16.7. The number of esters is 1. The quantitative estimate of drug-likeness (QED) is 0.450. The van der Waals surface area contributed by atoms with Crippen LogP contribution in [0.3, 0.4) is 0 Å². The first-order valence-corrected chi connectivity index (χ1v) is 12.3. The summed E-state index contributed by atoms with van der Waals surface area (Å²) < 4.78 is 62.3. The fraction of sp³-hybridized carbons (Fsp3) is 0.211. The molecule has 0 atom stereocenters. The Morgan fingerprint density at radius 1 is 1.03 bits per heavy atom. The molecule has 0 radical (unpaired) electrons. The predicted molar refractivity (Wildman–Crippen MR) is 113 cm³/mol. The van der Waals surface area contributed by atoms with Crippen LogP contribution < -0.4 is 14.2 Å². The minimum absolute atomic E-state index is 0.00141. The van der Waals surface area contributed by atoms with E-state index in [1.165, 1.54) is 26.2 Å². The molecule has 0 aliphatic heterocycles. The van der Waals surface area contributed by atoms with Gasteiger partial charge in [0.05, 0.1) is 36.4 Å². The van der Waals surface area contributed by atoms with E-state index in [0.717, 1.165) is 16.5 Å². The highest BCUT2D eigenvalue weighted by Crippen LogP contribution is 2.36. The summed E-state index contributed by atoms with van der Waals surface area (Å²) in [5.74, 6) is -0.398. The van der Waals surface area contributed by atoms with E-state index in [4.69, 9.17) is 9.47 Å². The molecule has 2 aromatic carbocycles. The van der Waals surface area contributed by atoms with Gasteiger partial charge in [-0.15, -0.1) is 0 Å². The van der Waals surface area contributed by atoms with Crippen LogP contribution in [0.2, 0.25) is 0 Å². The summed E-state index contributed by atoms with van der Waals surface area (Å²) in [4.78, 5) is 12.9. The second kappa shape index (κ2) is 7.65. The van der Waals surface area contributed by atoms with E-state index in [2.05, 4.69) is 4.72 Å². The Hall–Kier alpha value is -3.05. The number of sulfonamides is 1. The largest absolute Gasteiger partial charge is 0.494 e. The van der Waals surface area contributed by atoms with E-state index >= 15 is 0 Å². The molecule has 30 heavy (non-hydrogen) atoms. The number of para-hydroxylation sites is 1. The maximum absolute atomic E-state index is 12.9. The van der Waals surface area contributed by atoms with Gasteiger partial charge in [0.2, 0.25) is 20.0 Å². The van der Waals surface area contributed by atoms with Crippen LogP contribution in [0.1, 0.15) is 16.1 Å². The van der Waals surface area contributed by atoms with Crippen molar-refractivity contribution in [2.24, 2.45) is 0 Å². The molecule has 3 rings (SSSR count). The Kier molecular flexibility index (Phi) is 5.52. The first-order chi connectivity index (χ1) is 13.9. The van der Waals surface area contributed by atoms with Gasteiger partial charge >= 0.3 is 5.97 Å². The SMILES string of the molecule is COc1cc2c(cc1NS(C)(=O)=O)c(C(=O)Oc1ccccc1)c(C)n2S(C)(=O)=O. The molecule has 160 valence electrons. The Bertz CT molecular complexity index is 1340. The third-order valence-electron chi connectivity index (χ3n) is 4.26. The normalized spacial score (nSPS) is 12.0. The molecule has 0 amide bonds. The van der Waals surface area contributed by atoms with Gasteiger partial charge in [0.25, 0.3) is 0 Å². The number of nitrogens with zero attached hydrogens (tertiary/aromatic N) is 1. The number of anilines is 1. The standard InChI is InChI=1S/C19H20N2O7S2/c1-12-18(19(22)28-13-8-6-5-7-9-13)14-10-15(20-29(3,23)24)17(27-2)11-16(14)21(12)30(4,25)26/h5-11,20H,1-4H3. The van der Waals surface area contributed by atoms with E-state index in [-0.39, 0.29) is 39.3 Å². The van der Waals surface area contributed by atoms with Crippen LogP contribution >= 0.6 is 0 Å². The lowest BCUT2D eigenvalue weighted by Gasteiger charge is -2.11. The molecule has 3 aromatic rings. The van der Waals surface area contributed by atoms with Gasteiger partial charge in [-0.25, -0.2) is 25.6 Å². The maximum atomic E-state index is 12.9. The summed E-state index contributed by atoms with van der Waals surface area (Å²) in [6.07, 6.45) is 1.97. The summed E-state index contributed by atoms with van der Waals surface area (Å²) in [5, 5.41) is 0.200. The molecule has 0 saturated heterocycles. The molecule has 0 bridgehead atoms. The summed E-state index contributed by atoms with van der Waals surface area (Å²) in [6, 6.07) is 11.0. The minimum atomic E-state index is -3.80. The smallest absolute Gasteiger partial charge is 0.346 e. The molecule has 1 aromatic heterocycles. The molecule has 0 unspecified atom stereocenters. The predicted octanol–water partition coefficient (Wildman–Crippen LogP) is 2.36. The van der Waals surface area contributed by atoms with Gasteiger partial charge in [-0.05, 0) is 25.1 Å². The average molecular weight is 453 g/mol. The Morgan fingerprint density at radius 2 is 1.67 bits per heavy atom. The average Bonchev–Trinajstić information content (AvgIpc) is 2.91. The van der Waals surface area contributed by atoms with Crippen LogP contribution in [0.15, 0.2) is 42.5 Å². The molecule has 1 heterocycles. The highest BCUT2D eigenvalue weighted by molar-refractivity contribution is 7.92. The highest BCUT2D eigenvalue weighted by atomic mass is 32.2. The second-order valence-corrected chi connectivity index (χ2v) is 10.2. The number of fused-ring (bicyclic) bond motifs is 1. The maximum Gasteiger partial charge on any atom is 0.346 e. The first-order valence-electron chi connectivity index (χ1n) is 8.61. The number of ether oxygens (including phenoxy) is 2. The number of hydrogen-bond acceptors (Lipinski definition) is 7. The molecule has 9 nitrogen and oxygen atoms in total. The lowest BCUT2D eigenvalue weighted by Crippen LogP contribution is -2.14. The molecular formula is C19H20N2O7S2. The summed E-state index contributed by atoms with van der Waals surface area (Å²) in [5.41, 5.74) is 0.350. The topological polar surface area (TPSA) is 121 Å². The summed E-state index contributed by atoms with van der Waals surface area (Å²) >= 11 is 0. The third-order valence-corrected chi connectivity index (χ3v) is 5.98. The van der Waals surface area contributed by atoms with Gasteiger partial charge in [0.1, 0.15) is 11.5 Å². The van der Waals surface area contributed by atoms with Crippen molar-refractivity contribution in [2.45, 2.75) is 6.92 Å². The number of carbonyl (C=O) groups excluding carboxylic acids is 1. The second-order valence-electron chi connectivity index (χ2n) is 6.63. The molecule has 0 spiro atoms. The molecule has 11 heteroatoms. The van der Waals surface area contributed by atoms with Gasteiger partial charge in [0.15, 0.2) is 0 Å². The van der Waals surface area contributed by atoms with Crippen molar-refractivity contribution in [2.75, 3.05) is 24.3 Å². The molecule has 0 aliphatic rings. The van der Waals surface area contributed by atoms with E-state index in [1.54, 1.807) is 30.3 Å². The minimum Gasteiger partial charge on any atom is -0.494 e. The van der Waals surface area contributed by atoms with Crippen LogP contribution in [0.5, 0.6) is 11.5 Å². The van der Waals surface area contributed by atoms with E-state index in [9.17, 15) is 21.6 Å². The molecular weight excluding hydrogens is 432 g/mol. The Balaban J connectivity index is 2.31. The Labute approximate surface area is 174 Å². The lowest BCUT2D eigenvalue weighted by atomic mass is 10.1. The number of hydrogen-bond donors (Lipinski definition) is 1. The number of rotatable bonds is 6. The zero-order chi connectivity index (χ0) is 22.3. The zero-order valence-corrected chi connectivity index (χ0v) is 18.3. The molecule has 0 aliphatic carbocycles. The van der Waals surface area contributed by atoms with Gasteiger partial charge in [-0.2, -0.15) is 0 Å². The van der Waals surface area contributed by atoms with Crippen molar-refractivity contribution in [3.8, 4) is 11.5 Å². The van der Waals surface area contributed by atoms with E-state index in [1.807, 2.05) is 0 Å². The molecule has 0 saturated carbocycles. The lowest BCUT2D eigenvalue weighted by molar-refractivity contribution is 0.0736. The number of nitrogens with one attached hydrogen (secondary N) is 1. The highest BCUT2D eigenvalue weighted by Gasteiger charge is 2.27. The monoisotopic (exact) mass is 452 g/mol. The van der Waals surface area contributed by atoms with Gasteiger partial charge < -0.3 is 9.47 Å². The number of methoxy groups -OCH3 is 1. The van der Waals surface area contributed by atoms with Gasteiger partial charge in [-0.1, -0.05) is 18.2 Å². The summed E-state index contributed by atoms with van der Waals surface area (Å²) in [7, 11) is -6.15. The van der Waals surface area contributed by atoms with Crippen molar-refractivity contribution >= 4 is 42.6 Å². The van der Waals surface area contributed by atoms with Gasteiger partial charge in [0, 0.05) is 17.1 Å². The molecule has 1 N–H and O–H groups in total. The van der Waals surface area contributed by atoms with E-state index in [0.29, 0.717) is 0 Å². The Morgan fingerprint density at radius 3 is 2.20 bits per heavy atom. The third kappa shape index (κ3) is 4.26. The van der Waals surface area contributed by atoms with Crippen molar-refractivity contribution < 1.29 is 31.1 Å². The van der Waals surface area contributed by atoms with Crippen LogP contribution in [0.25, 0.3) is 10.9 Å². The van der Waals surface area contributed by atoms with E-state index < -0.39 is 26.0 Å². The van der Waals surface area contributed by atoms with Gasteiger partial charge in [-0.3, -0.25) is 4.72 Å². The van der Waals surface area contributed by atoms with Crippen LogP contribution in [0.4, 0.5) is 5.69 Å².